The van der Waals surface area contributed by atoms with Crippen LogP contribution in [0.4, 0.5) is 4.79 Å². The van der Waals surface area contributed by atoms with Crippen LogP contribution in [0.25, 0.3) is 0 Å². The maximum absolute atomic E-state index is 11.7. The summed E-state index contributed by atoms with van der Waals surface area (Å²) in [6.07, 6.45) is -0.639. The largest absolute Gasteiger partial charge is 0.444 e. The summed E-state index contributed by atoms with van der Waals surface area (Å²) in [6.45, 7) is 6.97. The summed E-state index contributed by atoms with van der Waals surface area (Å²) in [7, 11) is 0. The van der Waals surface area contributed by atoms with Crippen LogP contribution < -0.4 is 10.6 Å². The summed E-state index contributed by atoms with van der Waals surface area (Å²) in [5.74, 6) is -0.385. The third-order valence-corrected chi connectivity index (χ3v) is 2.89. The summed E-state index contributed by atoms with van der Waals surface area (Å²) in [5.41, 5.74) is 0.568. The number of hydrogen-bond acceptors (Lipinski definition) is 3. The minimum atomic E-state index is -0.640. The van der Waals surface area contributed by atoms with Crippen LogP contribution in [0.15, 0.2) is 24.3 Å². The average Bonchev–Trinajstić information content (AvgIpc) is 2.34. The number of ether oxygens (including phenoxy) is 1. The molecule has 1 atom stereocenters. The van der Waals surface area contributed by atoms with Crippen LogP contribution in [0.2, 0.25) is 0 Å². The van der Waals surface area contributed by atoms with Crippen LogP contribution in [0, 0.1) is 6.92 Å². The molecule has 2 N–H and O–H groups in total. The monoisotopic (exact) mass is 312 g/mol. The maximum atomic E-state index is 11.7. The molecule has 0 heterocycles. The number of benzene rings is 1. The predicted molar refractivity (Wildman–Crippen MR) is 82.2 cm³/mol. The van der Waals surface area contributed by atoms with Crippen molar-refractivity contribution in [3.8, 4) is 0 Å². The minimum Gasteiger partial charge on any atom is -0.444 e. The molecule has 0 aliphatic carbocycles. The van der Waals surface area contributed by atoms with E-state index < -0.39 is 17.2 Å². The summed E-state index contributed by atoms with van der Waals surface area (Å²) >= 11 is 6.15. The molecule has 21 heavy (non-hydrogen) atoms. The van der Waals surface area contributed by atoms with Crippen molar-refractivity contribution in [3.63, 3.8) is 0 Å². The van der Waals surface area contributed by atoms with Crippen molar-refractivity contribution in [3.05, 3.63) is 35.4 Å². The van der Waals surface area contributed by atoms with Gasteiger partial charge >= 0.3 is 6.09 Å². The highest BCUT2D eigenvalue weighted by Crippen LogP contribution is 2.20. The lowest BCUT2D eigenvalue weighted by atomic mass is 10.1. The normalized spacial score (nSPS) is 12.4. The molecule has 6 heteroatoms. The Morgan fingerprint density at radius 3 is 2.48 bits per heavy atom. The molecule has 0 saturated carbocycles. The first kappa shape index (κ1) is 17.3. The molecule has 1 rings (SSSR count). The molecule has 0 bridgehead atoms. The van der Waals surface area contributed by atoms with E-state index in [1.54, 1.807) is 20.8 Å². The third kappa shape index (κ3) is 6.49. The van der Waals surface area contributed by atoms with Crippen LogP contribution >= 0.6 is 11.6 Å². The second kappa shape index (κ2) is 7.31. The van der Waals surface area contributed by atoms with Crippen molar-refractivity contribution in [2.75, 3.05) is 6.54 Å². The SMILES string of the molecule is Cc1ccccc1C(Cl)NC(=O)CNC(=O)OC(C)(C)C. The Bertz CT molecular complexity index is 512. The molecule has 1 aromatic carbocycles. The molecule has 0 aromatic heterocycles. The smallest absolute Gasteiger partial charge is 0.408 e. The first-order valence-electron chi connectivity index (χ1n) is 6.65. The van der Waals surface area contributed by atoms with Gasteiger partial charge < -0.3 is 15.4 Å². The van der Waals surface area contributed by atoms with Gasteiger partial charge in [-0.1, -0.05) is 35.9 Å². The number of halogens is 1. The van der Waals surface area contributed by atoms with Gasteiger partial charge in [-0.25, -0.2) is 4.79 Å². The highest BCUT2D eigenvalue weighted by Gasteiger charge is 2.18. The summed E-state index contributed by atoms with van der Waals surface area (Å²) in [6, 6.07) is 7.50. The zero-order valence-electron chi connectivity index (χ0n) is 12.7. The van der Waals surface area contributed by atoms with Crippen LogP contribution in [0.3, 0.4) is 0 Å². The molecule has 116 valence electrons. The number of hydrogen-bond donors (Lipinski definition) is 2. The molecule has 1 aromatic rings. The van der Waals surface area contributed by atoms with Crippen molar-refractivity contribution in [1.29, 1.82) is 0 Å². The van der Waals surface area contributed by atoms with E-state index >= 15 is 0 Å². The Balaban J connectivity index is 2.44. The maximum Gasteiger partial charge on any atom is 0.408 e. The quantitative estimate of drug-likeness (QED) is 0.663. The summed E-state index contributed by atoms with van der Waals surface area (Å²) in [5, 5.41) is 4.99. The summed E-state index contributed by atoms with van der Waals surface area (Å²) < 4.78 is 5.03. The Morgan fingerprint density at radius 1 is 1.29 bits per heavy atom. The van der Waals surface area contributed by atoms with Gasteiger partial charge in [0, 0.05) is 0 Å². The standard InChI is InChI=1S/C15H21ClN2O3/c1-10-7-5-6-8-11(10)13(16)18-12(19)9-17-14(20)21-15(2,3)4/h5-8,13H,9H2,1-4H3,(H,17,20)(H,18,19). The van der Waals surface area contributed by atoms with Crippen molar-refractivity contribution in [2.45, 2.75) is 38.8 Å². The Labute approximate surface area is 130 Å². The molecule has 0 aliphatic heterocycles. The number of carbonyl (C=O) groups excluding carboxylic acids is 2. The van der Waals surface area contributed by atoms with E-state index in [1.807, 2.05) is 31.2 Å². The fourth-order valence-corrected chi connectivity index (χ4v) is 1.97. The lowest BCUT2D eigenvalue weighted by molar-refractivity contribution is -0.120. The number of alkyl halides is 1. The van der Waals surface area contributed by atoms with E-state index in [0.29, 0.717) is 0 Å². The second-order valence-corrected chi connectivity index (χ2v) is 6.08. The van der Waals surface area contributed by atoms with Crippen molar-refractivity contribution in [1.82, 2.24) is 10.6 Å². The van der Waals surface area contributed by atoms with Crippen molar-refractivity contribution < 1.29 is 14.3 Å². The number of amides is 2. The molecule has 2 amide bonds. The highest BCUT2D eigenvalue weighted by atomic mass is 35.5. The van der Waals surface area contributed by atoms with E-state index in [4.69, 9.17) is 16.3 Å². The number of nitrogens with one attached hydrogen (secondary N) is 2. The molecule has 1 unspecified atom stereocenters. The number of aryl methyl sites for hydroxylation is 1. The second-order valence-electron chi connectivity index (χ2n) is 5.64. The van der Waals surface area contributed by atoms with Gasteiger partial charge in [0.15, 0.2) is 0 Å². The van der Waals surface area contributed by atoms with Gasteiger partial charge in [0.25, 0.3) is 0 Å². The van der Waals surface area contributed by atoms with Gasteiger partial charge in [0.1, 0.15) is 17.6 Å². The van der Waals surface area contributed by atoms with Crippen LogP contribution in [0.1, 0.15) is 37.4 Å². The molecule has 0 radical (unpaired) electrons. The minimum absolute atomic E-state index is 0.190. The van der Waals surface area contributed by atoms with Gasteiger partial charge in [0.2, 0.25) is 5.91 Å². The molecular formula is C15H21ClN2O3. The fourth-order valence-electron chi connectivity index (χ4n) is 1.61. The van der Waals surface area contributed by atoms with Gasteiger partial charge in [-0.05, 0) is 38.8 Å². The number of alkyl carbamates (subject to hydrolysis) is 1. The average molecular weight is 313 g/mol. The van der Waals surface area contributed by atoms with Crippen LogP contribution in [0.5, 0.6) is 0 Å². The fraction of sp³-hybridized carbons (Fsp3) is 0.467. The first-order valence-corrected chi connectivity index (χ1v) is 7.08. The van der Waals surface area contributed by atoms with Gasteiger partial charge in [-0.15, -0.1) is 0 Å². The van der Waals surface area contributed by atoms with E-state index in [2.05, 4.69) is 10.6 Å². The lowest BCUT2D eigenvalue weighted by Crippen LogP contribution is -2.40. The van der Waals surface area contributed by atoms with E-state index in [-0.39, 0.29) is 12.5 Å². The Hall–Kier alpha value is -1.75. The van der Waals surface area contributed by atoms with Crippen LogP contribution in [-0.2, 0) is 9.53 Å². The highest BCUT2D eigenvalue weighted by molar-refractivity contribution is 6.21. The molecule has 0 spiro atoms. The molecule has 5 nitrogen and oxygen atoms in total. The predicted octanol–water partition coefficient (Wildman–Crippen LogP) is 2.87. The topological polar surface area (TPSA) is 67.4 Å². The van der Waals surface area contributed by atoms with Gasteiger partial charge in [-0.2, -0.15) is 0 Å². The van der Waals surface area contributed by atoms with Gasteiger partial charge in [0.05, 0.1) is 0 Å². The van der Waals surface area contributed by atoms with Gasteiger partial charge in [-0.3, -0.25) is 4.79 Å². The third-order valence-electron chi connectivity index (χ3n) is 2.54. The van der Waals surface area contributed by atoms with Crippen molar-refractivity contribution in [2.24, 2.45) is 0 Å². The van der Waals surface area contributed by atoms with Crippen LogP contribution in [-0.4, -0.2) is 24.1 Å². The van der Waals surface area contributed by atoms with E-state index in [1.165, 1.54) is 0 Å². The zero-order chi connectivity index (χ0) is 16.0. The molecular weight excluding hydrogens is 292 g/mol. The van der Waals surface area contributed by atoms with E-state index in [0.717, 1.165) is 11.1 Å². The molecule has 0 saturated heterocycles. The zero-order valence-corrected chi connectivity index (χ0v) is 13.5. The van der Waals surface area contributed by atoms with E-state index in [9.17, 15) is 9.59 Å². The first-order chi connectivity index (χ1) is 9.69. The number of rotatable bonds is 4. The Morgan fingerprint density at radius 2 is 1.90 bits per heavy atom. The lowest BCUT2D eigenvalue weighted by Gasteiger charge is -2.20. The summed E-state index contributed by atoms with van der Waals surface area (Å²) in [4.78, 5) is 23.2. The Kier molecular flexibility index (Phi) is 6.03. The molecule has 0 aliphatic rings. The van der Waals surface area contributed by atoms with Crippen molar-refractivity contribution >= 4 is 23.6 Å². The number of carbonyl (C=O) groups is 2. The molecule has 0 fully saturated rings.